The second-order valence-corrected chi connectivity index (χ2v) is 5.68. The molecule has 1 aliphatic carbocycles. The van der Waals surface area contributed by atoms with Gasteiger partial charge in [-0.1, -0.05) is 31.9 Å². The number of benzene rings is 1. The van der Waals surface area contributed by atoms with Crippen molar-refractivity contribution >= 4 is 11.8 Å². The predicted molar refractivity (Wildman–Crippen MR) is 71.9 cm³/mol. The number of rotatable bonds is 7. The third-order valence-corrected chi connectivity index (χ3v) is 4.00. The largest absolute Gasteiger partial charge is 0.313 e. The third kappa shape index (κ3) is 4.18. The van der Waals surface area contributed by atoms with Crippen LogP contribution in [0, 0.1) is 5.92 Å². The van der Waals surface area contributed by atoms with Gasteiger partial charge in [-0.3, -0.25) is 0 Å². The van der Waals surface area contributed by atoms with E-state index in [0.29, 0.717) is 0 Å². The van der Waals surface area contributed by atoms with Gasteiger partial charge in [-0.05, 0) is 42.3 Å². The maximum atomic E-state index is 3.37. The van der Waals surface area contributed by atoms with Gasteiger partial charge in [0.25, 0.3) is 0 Å². The molecule has 0 spiro atoms. The molecule has 0 radical (unpaired) electrons. The van der Waals surface area contributed by atoms with Gasteiger partial charge in [-0.2, -0.15) is 0 Å². The second kappa shape index (κ2) is 6.31. The highest BCUT2D eigenvalue weighted by Gasteiger charge is 2.20. The first-order valence-corrected chi connectivity index (χ1v) is 7.29. The van der Waals surface area contributed by atoms with Crippen molar-refractivity contribution in [2.24, 2.45) is 5.92 Å². The van der Waals surface area contributed by atoms with Crippen LogP contribution in [0.5, 0.6) is 0 Å². The summed E-state index contributed by atoms with van der Waals surface area (Å²) >= 11 is 2.01. The Morgan fingerprint density at radius 3 is 3.00 bits per heavy atom. The molecule has 0 amide bonds. The Balaban J connectivity index is 1.77. The van der Waals surface area contributed by atoms with Crippen LogP contribution in [0.15, 0.2) is 29.2 Å². The zero-order chi connectivity index (χ0) is 11.2. The monoisotopic (exact) mass is 235 g/mol. The second-order valence-electron chi connectivity index (χ2n) is 4.51. The smallest absolute Gasteiger partial charge is 0.0205 e. The lowest BCUT2D eigenvalue weighted by Crippen LogP contribution is -2.11. The molecule has 2 rings (SSSR count). The predicted octanol–water partition coefficient (Wildman–Crippen LogP) is 3.69. The minimum absolute atomic E-state index is 0.994. The van der Waals surface area contributed by atoms with E-state index in [9.17, 15) is 0 Å². The Morgan fingerprint density at radius 1 is 1.38 bits per heavy atom. The van der Waals surface area contributed by atoms with Crippen molar-refractivity contribution in [3.8, 4) is 0 Å². The van der Waals surface area contributed by atoms with E-state index >= 15 is 0 Å². The summed E-state index contributed by atoms with van der Waals surface area (Å²) < 4.78 is 0. The summed E-state index contributed by atoms with van der Waals surface area (Å²) in [4.78, 5) is 1.43. The summed E-state index contributed by atoms with van der Waals surface area (Å²) in [5.74, 6) is 2.34. The molecule has 0 aliphatic heterocycles. The molecule has 1 N–H and O–H groups in total. The maximum Gasteiger partial charge on any atom is 0.0205 e. The molecule has 16 heavy (non-hydrogen) atoms. The first-order chi connectivity index (χ1) is 7.88. The maximum absolute atomic E-state index is 3.37. The van der Waals surface area contributed by atoms with Crippen LogP contribution < -0.4 is 5.32 Å². The van der Waals surface area contributed by atoms with E-state index in [4.69, 9.17) is 0 Å². The van der Waals surface area contributed by atoms with Crippen LogP contribution >= 0.6 is 11.8 Å². The molecule has 0 heterocycles. The zero-order valence-electron chi connectivity index (χ0n) is 10.0. The van der Waals surface area contributed by atoms with E-state index in [-0.39, 0.29) is 0 Å². The average molecular weight is 235 g/mol. The van der Waals surface area contributed by atoms with Gasteiger partial charge in [0.05, 0.1) is 0 Å². The number of hydrogen-bond donors (Lipinski definition) is 1. The van der Waals surface area contributed by atoms with Crippen LogP contribution in [-0.2, 0) is 6.54 Å². The van der Waals surface area contributed by atoms with Crippen molar-refractivity contribution in [3.05, 3.63) is 29.8 Å². The summed E-state index contributed by atoms with van der Waals surface area (Å²) in [7, 11) is 0. The molecule has 0 aromatic heterocycles. The van der Waals surface area contributed by atoms with E-state index in [2.05, 4.69) is 36.5 Å². The summed E-state index contributed by atoms with van der Waals surface area (Å²) in [6.45, 7) is 4.18. The molecule has 1 saturated carbocycles. The normalized spacial score (nSPS) is 15.3. The molecule has 1 aromatic carbocycles. The first kappa shape index (κ1) is 12.0. The molecule has 0 atom stereocenters. The molecule has 0 bridgehead atoms. The van der Waals surface area contributed by atoms with Gasteiger partial charge < -0.3 is 5.32 Å². The van der Waals surface area contributed by atoms with Crippen molar-refractivity contribution in [1.29, 1.82) is 0 Å². The SMILES string of the molecule is CCNCc1cccc(SCCC2CC2)c1. The van der Waals surface area contributed by atoms with Crippen LogP contribution in [0.2, 0.25) is 0 Å². The van der Waals surface area contributed by atoms with Gasteiger partial charge in [0.15, 0.2) is 0 Å². The number of thioether (sulfide) groups is 1. The van der Waals surface area contributed by atoms with E-state index in [1.54, 1.807) is 0 Å². The Kier molecular flexibility index (Phi) is 4.73. The minimum atomic E-state index is 0.994. The van der Waals surface area contributed by atoms with E-state index in [0.717, 1.165) is 19.0 Å². The van der Waals surface area contributed by atoms with E-state index in [1.807, 2.05) is 11.8 Å². The summed E-state index contributed by atoms with van der Waals surface area (Å²) in [6.07, 6.45) is 4.35. The van der Waals surface area contributed by atoms with Gasteiger partial charge in [0.1, 0.15) is 0 Å². The van der Waals surface area contributed by atoms with Crippen molar-refractivity contribution < 1.29 is 0 Å². The van der Waals surface area contributed by atoms with E-state index in [1.165, 1.54) is 35.5 Å². The topological polar surface area (TPSA) is 12.0 Å². The molecule has 0 unspecified atom stereocenters. The number of nitrogens with one attached hydrogen (secondary N) is 1. The fraction of sp³-hybridized carbons (Fsp3) is 0.571. The van der Waals surface area contributed by atoms with Crippen LogP contribution in [-0.4, -0.2) is 12.3 Å². The van der Waals surface area contributed by atoms with Crippen molar-refractivity contribution in [2.75, 3.05) is 12.3 Å². The lowest BCUT2D eigenvalue weighted by molar-refractivity contribution is 0.725. The van der Waals surface area contributed by atoms with Crippen LogP contribution in [0.1, 0.15) is 31.7 Å². The lowest BCUT2D eigenvalue weighted by atomic mass is 10.2. The van der Waals surface area contributed by atoms with E-state index < -0.39 is 0 Å². The quantitative estimate of drug-likeness (QED) is 0.723. The lowest BCUT2D eigenvalue weighted by Gasteiger charge is -2.05. The van der Waals surface area contributed by atoms with Crippen LogP contribution in [0.25, 0.3) is 0 Å². The first-order valence-electron chi connectivity index (χ1n) is 6.31. The molecule has 1 fully saturated rings. The average Bonchev–Trinajstić information content (AvgIpc) is 3.11. The standard InChI is InChI=1S/C14H21NS/c1-2-15-11-13-4-3-5-14(10-13)16-9-8-12-6-7-12/h3-5,10,12,15H,2,6-9,11H2,1H3. The number of hydrogen-bond acceptors (Lipinski definition) is 2. The Morgan fingerprint density at radius 2 is 2.25 bits per heavy atom. The van der Waals surface area contributed by atoms with Gasteiger partial charge in [-0.25, -0.2) is 0 Å². The van der Waals surface area contributed by atoms with Crippen LogP contribution in [0.4, 0.5) is 0 Å². The molecule has 88 valence electrons. The Labute approximate surface area is 103 Å². The van der Waals surface area contributed by atoms with Crippen molar-refractivity contribution in [1.82, 2.24) is 5.32 Å². The summed E-state index contributed by atoms with van der Waals surface area (Å²) in [5, 5.41) is 3.37. The minimum Gasteiger partial charge on any atom is -0.313 e. The highest BCUT2D eigenvalue weighted by Crippen LogP contribution is 2.34. The molecule has 2 heteroatoms. The van der Waals surface area contributed by atoms with Gasteiger partial charge in [-0.15, -0.1) is 11.8 Å². The fourth-order valence-corrected chi connectivity index (χ4v) is 2.86. The summed E-state index contributed by atoms with van der Waals surface area (Å²) in [5.41, 5.74) is 1.40. The highest BCUT2D eigenvalue weighted by atomic mass is 32.2. The van der Waals surface area contributed by atoms with Gasteiger partial charge in [0.2, 0.25) is 0 Å². The summed E-state index contributed by atoms with van der Waals surface area (Å²) in [6, 6.07) is 8.92. The molecule has 1 aliphatic rings. The Hall–Kier alpha value is -0.470. The van der Waals surface area contributed by atoms with Crippen molar-refractivity contribution in [3.63, 3.8) is 0 Å². The molecule has 0 saturated heterocycles. The molecular weight excluding hydrogens is 214 g/mol. The van der Waals surface area contributed by atoms with Crippen molar-refractivity contribution in [2.45, 2.75) is 37.6 Å². The third-order valence-electron chi connectivity index (χ3n) is 2.97. The molecule has 1 aromatic rings. The Bertz CT molecular complexity index is 320. The van der Waals surface area contributed by atoms with Gasteiger partial charge >= 0.3 is 0 Å². The highest BCUT2D eigenvalue weighted by molar-refractivity contribution is 7.99. The van der Waals surface area contributed by atoms with Crippen LogP contribution in [0.3, 0.4) is 0 Å². The fourth-order valence-electron chi connectivity index (χ4n) is 1.76. The molecular formula is C14H21NS. The molecule has 1 nitrogen and oxygen atoms in total. The van der Waals surface area contributed by atoms with Gasteiger partial charge in [0, 0.05) is 11.4 Å². The zero-order valence-corrected chi connectivity index (χ0v) is 10.9.